The van der Waals surface area contributed by atoms with Crippen LogP contribution >= 0.6 is 0 Å². The van der Waals surface area contributed by atoms with Crippen LogP contribution in [0.2, 0.25) is 0 Å². The first kappa shape index (κ1) is 73.3. The van der Waals surface area contributed by atoms with E-state index in [1.54, 1.807) is 35.2 Å². The molecule has 4 N–H and O–H groups in total. The number of benzene rings is 4. The first-order valence-electron chi connectivity index (χ1n) is 32.5. The summed E-state index contributed by atoms with van der Waals surface area (Å²) in [4.78, 5) is 156. The van der Waals surface area contributed by atoms with E-state index in [-0.39, 0.29) is 83.1 Å². The van der Waals surface area contributed by atoms with Crippen LogP contribution in [0.1, 0.15) is 150 Å². The highest BCUT2D eigenvalue weighted by Gasteiger charge is 2.51. The van der Waals surface area contributed by atoms with Crippen molar-refractivity contribution >= 4 is 102 Å². The molecular weight excluding hydrogens is 1290 g/mol. The Kier molecular flexibility index (Phi) is 23.5. The number of amides is 12. The summed E-state index contributed by atoms with van der Waals surface area (Å²) >= 11 is 0. The van der Waals surface area contributed by atoms with Crippen molar-refractivity contribution in [2.75, 3.05) is 76.3 Å². The van der Waals surface area contributed by atoms with Crippen molar-refractivity contribution in [3.63, 3.8) is 0 Å². The molecule has 6 saturated heterocycles. The third-order valence-electron chi connectivity index (χ3n) is 17.5. The van der Waals surface area contributed by atoms with E-state index in [0.717, 1.165) is 74.2 Å². The van der Waals surface area contributed by atoms with Crippen LogP contribution in [0, 0.1) is 0 Å². The number of nitrogens with one attached hydrogen (secondary N) is 4. The summed E-state index contributed by atoms with van der Waals surface area (Å²) in [6.45, 7) is 23.6. The summed E-state index contributed by atoms with van der Waals surface area (Å²) in [6, 6.07) is 19.3. The van der Waals surface area contributed by atoms with Crippen LogP contribution in [0.4, 0.5) is 11.4 Å². The Morgan fingerprint density at radius 1 is 0.392 bits per heavy atom. The molecular formula is C67H82N12O16S2. The van der Waals surface area contributed by atoms with E-state index in [4.69, 9.17) is 0 Å². The molecule has 4 atom stereocenters. The third-order valence-corrected chi connectivity index (χ3v) is 21.2. The first-order valence-corrected chi connectivity index (χ1v) is 35.4. The number of anilines is 2. The van der Waals surface area contributed by atoms with E-state index in [2.05, 4.69) is 67.6 Å². The van der Waals surface area contributed by atoms with Gasteiger partial charge >= 0.3 is 0 Å². The van der Waals surface area contributed by atoms with Gasteiger partial charge in [-0.25, -0.2) is 25.4 Å². The van der Waals surface area contributed by atoms with Crippen LogP contribution in [-0.2, 0) is 60.2 Å². The molecule has 0 radical (unpaired) electrons. The highest BCUT2D eigenvalue weighted by atomic mass is 32.2. The average Bonchev–Trinajstić information content (AvgIpc) is 1.61. The van der Waals surface area contributed by atoms with Gasteiger partial charge in [-0.2, -0.15) is 0 Å². The molecule has 10 aliphatic heterocycles. The zero-order chi connectivity index (χ0) is 71.0. The number of fused-ring (bicyclic) bond motifs is 4. The lowest BCUT2D eigenvalue weighted by molar-refractivity contribution is -0.138. The van der Waals surface area contributed by atoms with E-state index in [1.807, 2.05) is 59.7 Å². The van der Waals surface area contributed by atoms with Gasteiger partial charge in [0.1, 0.15) is 34.0 Å². The minimum Gasteiger partial charge on any atom is -0.369 e. The predicted molar refractivity (Wildman–Crippen MR) is 355 cm³/mol. The number of hydrogen-bond donors (Lipinski definition) is 4. The second kappa shape index (κ2) is 31.1. The highest BCUT2D eigenvalue weighted by Crippen LogP contribution is 2.37. The zero-order valence-electron chi connectivity index (χ0n) is 55.5. The van der Waals surface area contributed by atoms with E-state index in [1.165, 1.54) is 30.3 Å². The van der Waals surface area contributed by atoms with Gasteiger partial charge in [-0.05, 0) is 112 Å². The summed E-state index contributed by atoms with van der Waals surface area (Å²) in [5.41, 5.74) is 5.02. The molecule has 14 rings (SSSR count). The van der Waals surface area contributed by atoms with Crippen molar-refractivity contribution in [3.05, 3.63) is 131 Å². The molecule has 6 fully saturated rings. The van der Waals surface area contributed by atoms with Crippen LogP contribution in [0.25, 0.3) is 0 Å². The van der Waals surface area contributed by atoms with Gasteiger partial charge in [-0.1, -0.05) is 72.4 Å². The molecule has 12 amide bonds. The Bertz CT molecular complexity index is 3940. The number of carbonyl (C=O) groups excluding carboxylic acids is 12. The molecule has 518 valence electrons. The number of carbonyl (C=O) groups is 12. The number of nitrogens with zero attached hydrogens (tertiary/aromatic N) is 8. The zero-order valence-corrected chi connectivity index (χ0v) is 57.2. The minimum absolute atomic E-state index is 0.00360. The molecule has 4 unspecified atom stereocenters. The lowest BCUT2D eigenvalue weighted by Gasteiger charge is -2.34. The number of sulfonamides is 2. The number of piperazine rings is 2. The van der Waals surface area contributed by atoms with Gasteiger partial charge in [0, 0.05) is 101 Å². The third kappa shape index (κ3) is 15.1. The SMILES string of the molecule is C=C1CCC(N2C(=O)c3ccccc3S2(=O)=O)C(=O)N1.CC.CC.CC.CN1CCN(c2ccc3c(c2)C(=O)N(C2CCC(=O)NC2=O)C3=O)CC1.CN1CCN(c2ccc3c(c2)CN(C2CCC(=O)NC2=O)C3=O)CC1.O=C1CCC(N2C(=O)c3ccccc3S2(=O)=O)C(=O)N1. The first-order chi connectivity index (χ1) is 46.3. The lowest BCUT2D eigenvalue weighted by Crippen LogP contribution is -2.54. The van der Waals surface area contributed by atoms with Gasteiger partial charge in [0.2, 0.25) is 35.4 Å². The Morgan fingerprint density at radius 3 is 1.21 bits per heavy atom. The maximum absolute atomic E-state index is 12.8. The normalized spacial score (nSPS) is 23.1. The monoisotopic (exact) mass is 1370 g/mol. The number of rotatable bonds is 6. The Balaban J connectivity index is 0.000000162. The maximum Gasteiger partial charge on any atom is 0.269 e. The molecule has 4 aromatic carbocycles. The van der Waals surface area contributed by atoms with Crippen LogP contribution in [0.5, 0.6) is 0 Å². The van der Waals surface area contributed by atoms with E-state index >= 15 is 0 Å². The fourth-order valence-electron chi connectivity index (χ4n) is 12.5. The van der Waals surface area contributed by atoms with Gasteiger partial charge < -0.3 is 29.8 Å². The molecule has 0 spiro atoms. The Labute approximate surface area is 563 Å². The fourth-order valence-corrected chi connectivity index (χ4v) is 16.0. The molecule has 30 heteroatoms. The molecule has 0 bridgehead atoms. The smallest absolute Gasteiger partial charge is 0.269 e. The van der Waals surface area contributed by atoms with Crippen LogP contribution < -0.4 is 31.1 Å². The molecule has 4 aromatic rings. The standard InChI is InChI=1S/C18H20N4O4.C18H22N4O3.C13H12N2O4S.C12H10N2O5S.3C2H6/c1-20-6-8-21(9-7-20)11-2-3-12-13(10-11)18(26)22(17(12)25)14-4-5-15(23)19-16(14)24;1-20-6-8-21(9-7-20)13-2-3-14-12(10-13)11-22(18(14)25)15-4-5-16(23)19-17(15)24;1-8-6-7-10(12(16)14-8)15-13(17)9-4-2-3-5-11(9)20(15,18)19;15-10-6-5-8(11(16)13-10)14-12(17)7-3-1-2-4-9(7)20(14,18)19;3*1-2/h2-3,10,14H,4-9H2,1H3,(H,19,23,24);2-3,10,15H,4-9,11H2,1H3,(H,19,23,24);2-5,10H,1,6-7H2,(H,14,16);1-4,8H,5-6H2,(H,13,15,16);3*1-2H3. The molecule has 28 nitrogen and oxygen atoms in total. The highest BCUT2D eigenvalue weighted by molar-refractivity contribution is 7.90. The number of piperidine rings is 4. The Hall–Kier alpha value is -9.52. The van der Waals surface area contributed by atoms with E-state index < -0.39 is 91.5 Å². The second-order valence-electron chi connectivity index (χ2n) is 23.3. The summed E-state index contributed by atoms with van der Waals surface area (Å²) in [5, 5.41) is 9.10. The van der Waals surface area contributed by atoms with Gasteiger partial charge in [-0.3, -0.25) is 78.4 Å². The summed E-state index contributed by atoms with van der Waals surface area (Å²) in [5.74, 6) is -5.74. The topological polar surface area (TPSA) is 347 Å². The largest absolute Gasteiger partial charge is 0.369 e. The summed E-state index contributed by atoms with van der Waals surface area (Å²) in [6.07, 6.45) is 1.68. The van der Waals surface area contributed by atoms with Crippen molar-refractivity contribution in [1.29, 1.82) is 0 Å². The van der Waals surface area contributed by atoms with Gasteiger partial charge in [-0.15, -0.1) is 0 Å². The second-order valence-corrected chi connectivity index (χ2v) is 26.9. The lowest BCUT2D eigenvalue weighted by atomic mass is 10.0. The van der Waals surface area contributed by atoms with Gasteiger partial charge in [0.05, 0.1) is 22.3 Å². The van der Waals surface area contributed by atoms with Gasteiger partial charge in [0.15, 0.2) is 0 Å². The minimum atomic E-state index is -4.03. The number of likely N-dealkylation sites (N-methyl/N-ethyl adjacent to an activating group) is 2. The van der Waals surface area contributed by atoms with E-state index in [9.17, 15) is 74.4 Å². The molecule has 0 saturated carbocycles. The van der Waals surface area contributed by atoms with E-state index in [0.29, 0.717) is 50.4 Å². The predicted octanol–water partition coefficient (Wildman–Crippen LogP) is 3.38. The van der Waals surface area contributed by atoms with Crippen molar-refractivity contribution in [2.24, 2.45) is 0 Å². The van der Waals surface area contributed by atoms with Crippen molar-refractivity contribution in [3.8, 4) is 0 Å². The Morgan fingerprint density at radius 2 is 0.773 bits per heavy atom. The van der Waals surface area contributed by atoms with Crippen molar-refractivity contribution in [2.45, 2.75) is 133 Å². The number of hydrogen-bond acceptors (Lipinski definition) is 20. The van der Waals surface area contributed by atoms with Crippen LogP contribution in [0.3, 0.4) is 0 Å². The molecule has 0 aliphatic carbocycles. The quantitative estimate of drug-likeness (QED) is 0.201. The maximum atomic E-state index is 12.8. The fraction of sp³-hybridized carbons (Fsp3) is 0.433. The van der Waals surface area contributed by atoms with Crippen LogP contribution in [-0.4, -0.2) is 207 Å². The molecule has 10 heterocycles. The molecule has 0 aromatic heterocycles. The number of allylic oxidation sites excluding steroid dienone is 1. The van der Waals surface area contributed by atoms with Crippen molar-refractivity contribution in [1.82, 2.24) is 49.5 Å². The molecule has 97 heavy (non-hydrogen) atoms. The summed E-state index contributed by atoms with van der Waals surface area (Å²) < 4.78 is 50.8. The molecule has 10 aliphatic rings. The van der Waals surface area contributed by atoms with Crippen molar-refractivity contribution < 1.29 is 74.4 Å². The van der Waals surface area contributed by atoms with Gasteiger partial charge in [0.25, 0.3) is 55.5 Å². The average molecular weight is 1380 g/mol. The van der Waals surface area contributed by atoms with Crippen LogP contribution in [0.15, 0.2) is 107 Å². The summed E-state index contributed by atoms with van der Waals surface area (Å²) in [7, 11) is -3.80. The number of imide groups is 4.